The van der Waals surface area contributed by atoms with Crippen LogP contribution in [0.5, 0.6) is 0 Å². The zero-order valence-electron chi connectivity index (χ0n) is 20.6. The van der Waals surface area contributed by atoms with Crippen LogP contribution in [0.25, 0.3) is 0 Å². The largest absolute Gasteiger partial charge is 0.436 e. The molecule has 1 saturated heterocycles. The van der Waals surface area contributed by atoms with Gasteiger partial charge in [0.2, 0.25) is 11.8 Å². The van der Waals surface area contributed by atoms with Gasteiger partial charge in [-0.2, -0.15) is 13.2 Å². The van der Waals surface area contributed by atoms with Crippen LogP contribution in [0.3, 0.4) is 0 Å². The molecule has 202 valence electrons. The van der Waals surface area contributed by atoms with Crippen LogP contribution in [0.2, 0.25) is 0 Å². The second kappa shape index (κ2) is 10.9. The Labute approximate surface area is 215 Å². The Morgan fingerprint density at radius 1 is 1.11 bits per heavy atom. The molecule has 0 spiro atoms. The van der Waals surface area contributed by atoms with E-state index in [-0.39, 0.29) is 12.3 Å². The van der Waals surface area contributed by atoms with Gasteiger partial charge in [0, 0.05) is 6.42 Å². The zero-order valence-corrected chi connectivity index (χ0v) is 20.6. The van der Waals surface area contributed by atoms with Gasteiger partial charge >= 0.3 is 6.18 Å². The van der Waals surface area contributed by atoms with Gasteiger partial charge in [0.05, 0.1) is 18.8 Å². The molecule has 2 heterocycles. The van der Waals surface area contributed by atoms with Crippen LogP contribution in [0.4, 0.5) is 22.0 Å². The average molecular weight is 536 g/mol. The van der Waals surface area contributed by atoms with E-state index in [0.717, 1.165) is 4.90 Å². The lowest BCUT2D eigenvalue weighted by molar-refractivity contribution is -0.141. The Kier molecular flexibility index (Phi) is 7.79. The summed E-state index contributed by atoms with van der Waals surface area (Å²) >= 11 is 0. The van der Waals surface area contributed by atoms with E-state index in [1.54, 1.807) is 42.5 Å². The maximum atomic E-state index is 14.8. The number of hydrogen-bond donors (Lipinski definition) is 1. The Morgan fingerprint density at radius 3 is 2.42 bits per heavy atom. The molecule has 2 amide bonds. The van der Waals surface area contributed by atoms with Crippen LogP contribution in [-0.2, 0) is 22.3 Å². The molecule has 1 aliphatic rings. The number of alkyl halides is 4. The first-order chi connectivity index (χ1) is 17.9. The highest BCUT2D eigenvalue weighted by Gasteiger charge is 2.41. The van der Waals surface area contributed by atoms with Crippen LogP contribution < -0.4 is 5.32 Å². The van der Waals surface area contributed by atoms with Crippen molar-refractivity contribution in [3.05, 3.63) is 82.9 Å². The standard InChI is InChI=1S/C26H26F5N5O2/c1-15(2)19-9-8-17(10-20(19)28)24(16-6-4-3-5-7-16)32-25(38)21-11-18(27)12-36(21)23(37)14-35-13-22(33-34-35)26(29,30)31/h3-10,13,15,18,21,24H,11-12,14H2,1-2H3,(H,32,38)/t18-,21+,24+/m1/s1. The third kappa shape index (κ3) is 6.00. The van der Waals surface area contributed by atoms with Gasteiger partial charge in [0.25, 0.3) is 0 Å². The van der Waals surface area contributed by atoms with Crippen LogP contribution in [0.1, 0.15) is 54.6 Å². The first kappa shape index (κ1) is 27.2. The smallest absolute Gasteiger partial charge is 0.343 e. The molecule has 3 atom stereocenters. The molecule has 7 nitrogen and oxygen atoms in total. The summed E-state index contributed by atoms with van der Waals surface area (Å²) in [6.45, 7) is 2.67. The van der Waals surface area contributed by atoms with Crippen molar-refractivity contribution in [1.82, 2.24) is 25.2 Å². The quantitative estimate of drug-likeness (QED) is 0.455. The number of rotatable bonds is 7. The summed E-state index contributed by atoms with van der Waals surface area (Å²) in [5.41, 5.74) is 0.348. The minimum absolute atomic E-state index is 0.0504. The normalized spacial score (nSPS) is 18.6. The fourth-order valence-corrected chi connectivity index (χ4v) is 4.48. The molecule has 1 N–H and O–H groups in total. The maximum Gasteiger partial charge on any atom is 0.436 e. The summed E-state index contributed by atoms with van der Waals surface area (Å²) in [6, 6.07) is 11.5. The number of aromatic nitrogens is 3. The predicted molar refractivity (Wildman–Crippen MR) is 127 cm³/mol. The summed E-state index contributed by atoms with van der Waals surface area (Å²) in [4.78, 5) is 27.2. The molecular formula is C26H26F5N5O2. The number of nitrogens with one attached hydrogen (secondary N) is 1. The number of carbonyl (C=O) groups is 2. The Bertz CT molecular complexity index is 1290. The van der Waals surface area contributed by atoms with E-state index in [2.05, 4.69) is 15.6 Å². The van der Waals surface area contributed by atoms with E-state index in [1.807, 2.05) is 13.8 Å². The monoisotopic (exact) mass is 535 g/mol. The van der Waals surface area contributed by atoms with Crippen molar-refractivity contribution in [2.24, 2.45) is 0 Å². The molecular weight excluding hydrogens is 509 g/mol. The number of benzene rings is 2. The number of carbonyl (C=O) groups excluding carboxylic acids is 2. The molecule has 1 aliphatic heterocycles. The van der Waals surface area contributed by atoms with Gasteiger partial charge in [-0.1, -0.05) is 61.5 Å². The highest BCUT2D eigenvalue weighted by molar-refractivity contribution is 5.88. The number of likely N-dealkylation sites (tertiary alicyclic amines) is 1. The van der Waals surface area contributed by atoms with Gasteiger partial charge in [-0.3, -0.25) is 9.59 Å². The molecule has 0 radical (unpaired) electrons. The Morgan fingerprint density at radius 2 is 1.82 bits per heavy atom. The molecule has 0 unspecified atom stereocenters. The van der Waals surface area contributed by atoms with Crippen molar-refractivity contribution < 1.29 is 31.5 Å². The van der Waals surface area contributed by atoms with E-state index < -0.39 is 60.8 Å². The molecule has 12 heteroatoms. The van der Waals surface area contributed by atoms with Gasteiger partial charge < -0.3 is 10.2 Å². The van der Waals surface area contributed by atoms with Gasteiger partial charge in [0.1, 0.15) is 24.6 Å². The minimum Gasteiger partial charge on any atom is -0.343 e. The molecule has 1 aromatic heterocycles. The third-order valence-electron chi connectivity index (χ3n) is 6.40. The SMILES string of the molecule is CC(C)c1ccc([C@@H](NC(=O)[C@@H]2C[C@@H](F)CN2C(=O)Cn2cc(C(F)(F)F)nn2)c2ccccc2)cc1F. The summed E-state index contributed by atoms with van der Waals surface area (Å²) in [5.74, 6) is -1.94. The van der Waals surface area contributed by atoms with Gasteiger partial charge in [-0.05, 0) is 28.7 Å². The van der Waals surface area contributed by atoms with Gasteiger partial charge in [0.15, 0.2) is 5.69 Å². The van der Waals surface area contributed by atoms with Crippen molar-refractivity contribution in [3.63, 3.8) is 0 Å². The average Bonchev–Trinajstić information content (AvgIpc) is 3.49. The third-order valence-corrected chi connectivity index (χ3v) is 6.40. The van der Waals surface area contributed by atoms with Crippen molar-refractivity contribution in [3.8, 4) is 0 Å². The number of halogens is 5. The summed E-state index contributed by atoms with van der Waals surface area (Å²) in [6.07, 6.45) is -5.96. The molecule has 0 aliphatic carbocycles. The fraction of sp³-hybridized carbons (Fsp3) is 0.385. The molecule has 2 aromatic carbocycles. The van der Waals surface area contributed by atoms with E-state index in [1.165, 1.54) is 6.07 Å². The van der Waals surface area contributed by atoms with Gasteiger partial charge in [-0.25, -0.2) is 13.5 Å². The summed E-state index contributed by atoms with van der Waals surface area (Å²) in [7, 11) is 0. The van der Waals surface area contributed by atoms with E-state index in [0.29, 0.717) is 27.6 Å². The molecule has 1 fully saturated rings. The summed E-state index contributed by atoms with van der Waals surface area (Å²) < 4.78 is 68.3. The maximum absolute atomic E-state index is 14.8. The highest BCUT2D eigenvalue weighted by atomic mass is 19.4. The fourth-order valence-electron chi connectivity index (χ4n) is 4.48. The lowest BCUT2D eigenvalue weighted by Gasteiger charge is -2.27. The van der Waals surface area contributed by atoms with Crippen molar-refractivity contribution in [1.29, 1.82) is 0 Å². The first-order valence-corrected chi connectivity index (χ1v) is 12.0. The molecule has 0 saturated carbocycles. The Hall–Kier alpha value is -3.83. The number of nitrogens with zero attached hydrogens (tertiary/aromatic N) is 4. The topological polar surface area (TPSA) is 80.1 Å². The highest BCUT2D eigenvalue weighted by Crippen LogP contribution is 2.29. The van der Waals surface area contributed by atoms with Crippen molar-refractivity contribution in [2.45, 2.75) is 57.2 Å². The van der Waals surface area contributed by atoms with Crippen LogP contribution in [0.15, 0.2) is 54.7 Å². The first-order valence-electron chi connectivity index (χ1n) is 12.0. The van der Waals surface area contributed by atoms with Gasteiger partial charge in [-0.15, -0.1) is 5.10 Å². The van der Waals surface area contributed by atoms with E-state index >= 15 is 0 Å². The number of amides is 2. The van der Waals surface area contributed by atoms with Crippen LogP contribution >= 0.6 is 0 Å². The van der Waals surface area contributed by atoms with Crippen LogP contribution in [-0.4, -0.2) is 50.5 Å². The van der Waals surface area contributed by atoms with E-state index in [4.69, 9.17) is 0 Å². The van der Waals surface area contributed by atoms with Crippen LogP contribution in [0, 0.1) is 5.82 Å². The lowest BCUT2D eigenvalue weighted by atomic mass is 9.94. The molecule has 4 rings (SSSR count). The summed E-state index contributed by atoms with van der Waals surface area (Å²) in [5, 5.41) is 9.12. The Balaban J connectivity index is 1.56. The predicted octanol–water partition coefficient (Wildman–Crippen LogP) is 4.40. The molecule has 0 bridgehead atoms. The second-order valence-corrected chi connectivity index (χ2v) is 9.48. The van der Waals surface area contributed by atoms with E-state index in [9.17, 15) is 31.5 Å². The lowest BCUT2D eigenvalue weighted by Crippen LogP contribution is -2.48. The second-order valence-electron chi connectivity index (χ2n) is 9.48. The minimum atomic E-state index is -4.74. The van der Waals surface area contributed by atoms with Crippen molar-refractivity contribution >= 4 is 11.8 Å². The zero-order chi connectivity index (χ0) is 27.6. The van der Waals surface area contributed by atoms with Crippen molar-refractivity contribution in [2.75, 3.05) is 6.54 Å². The number of hydrogen-bond acceptors (Lipinski definition) is 4. The molecule has 3 aromatic rings. The molecule has 38 heavy (non-hydrogen) atoms.